The van der Waals surface area contributed by atoms with Crippen molar-refractivity contribution in [2.75, 3.05) is 31.1 Å². The van der Waals surface area contributed by atoms with E-state index in [1.54, 1.807) is 12.1 Å². The Kier molecular flexibility index (Phi) is 8.36. The largest absolute Gasteiger partial charge is 0.659 e. The summed E-state index contributed by atoms with van der Waals surface area (Å²) in [4.78, 5) is 16.7. The third-order valence-corrected chi connectivity index (χ3v) is 4.37. The van der Waals surface area contributed by atoms with Crippen LogP contribution in [-0.4, -0.2) is 36.1 Å². The van der Waals surface area contributed by atoms with Crippen molar-refractivity contribution in [1.82, 2.24) is 4.98 Å². The predicted molar refractivity (Wildman–Crippen MR) is 109 cm³/mol. The summed E-state index contributed by atoms with van der Waals surface area (Å²) < 4.78 is 0. The fourth-order valence-electron chi connectivity index (χ4n) is 3.03. The summed E-state index contributed by atoms with van der Waals surface area (Å²) in [5.41, 5.74) is 4.21. The number of non-ortho nitro benzene ring substituents is 1. The van der Waals surface area contributed by atoms with Gasteiger partial charge in [-0.25, -0.2) is 0 Å². The van der Waals surface area contributed by atoms with Crippen LogP contribution in [-0.2, 0) is 32.7 Å². The first-order valence-electron chi connectivity index (χ1n) is 8.85. The number of nitro groups is 1. The van der Waals surface area contributed by atoms with E-state index in [9.17, 15) is 10.1 Å². The number of fused-ring (bicyclic) bond motifs is 1. The molecule has 1 saturated heterocycles. The van der Waals surface area contributed by atoms with E-state index in [0.29, 0.717) is 5.56 Å². The molecule has 0 bridgehead atoms. The summed E-state index contributed by atoms with van der Waals surface area (Å²) in [5, 5.41) is 15.8. The van der Waals surface area contributed by atoms with Gasteiger partial charge in [0.2, 0.25) is 5.69 Å². The number of aryl methyl sites for hydroxylation is 1. The van der Waals surface area contributed by atoms with Crippen LogP contribution in [0.2, 0.25) is 0 Å². The van der Waals surface area contributed by atoms with Crippen LogP contribution in [0.4, 0.5) is 11.4 Å². The van der Waals surface area contributed by atoms with Gasteiger partial charge in [0.1, 0.15) is 0 Å². The van der Waals surface area contributed by atoms with E-state index in [0.717, 1.165) is 37.4 Å². The van der Waals surface area contributed by atoms with Crippen LogP contribution in [0.1, 0.15) is 11.3 Å². The second-order valence-electron chi connectivity index (χ2n) is 6.38. The molecular weight excluding hydrogens is 429 g/mol. The molecule has 0 amide bonds. The Labute approximate surface area is 190 Å². The van der Waals surface area contributed by atoms with Crippen LogP contribution in [0, 0.1) is 24.0 Å². The summed E-state index contributed by atoms with van der Waals surface area (Å²) in [6, 6.07) is 16.8. The molecule has 0 spiro atoms. The zero-order chi connectivity index (χ0) is 19.2. The zero-order valence-electron chi connectivity index (χ0n) is 15.9. The molecule has 1 radical (unpaired) electrons. The quantitative estimate of drug-likeness (QED) is 0.327. The Hall–Kier alpha value is -2.02. The Balaban J connectivity index is 0.000000221. The Morgan fingerprint density at radius 2 is 1.82 bits per heavy atom. The Bertz CT molecular complexity index is 943. The molecule has 4 rings (SSSR count). The number of aromatic nitrogens is 1. The van der Waals surface area contributed by atoms with Gasteiger partial charge in [-0.2, -0.15) is 18.6 Å². The van der Waals surface area contributed by atoms with Gasteiger partial charge < -0.3 is 10.2 Å². The molecule has 2 aromatic carbocycles. The maximum Gasteiger partial charge on any atom is 0.216 e. The van der Waals surface area contributed by atoms with Gasteiger partial charge in [0.25, 0.3) is 0 Å². The van der Waals surface area contributed by atoms with E-state index < -0.39 is 4.92 Å². The first-order chi connectivity index (χ1) is 13.0. The van der Waals surface area contributed by atoms with Crippen molar-refractivity contribution in [3.63, 3.8) is 0 Å². The molecule has 1 fully saturated rings. The van der Waals surface area contributed by atoms with E-state index in [4.69, 9.17) is 0 Å². The zero-order valence-corrected chi connectivity index (χ0v) is 18.8. The van der Waals surface area contributed by atoms with Crippen molar-refractivity contribution in [1.29, 1.82) is 0 Å². The van der Waals surface area contributed by atoms with Crippen molar-refractivity contribution in [3.8, 4) is 0 Å². The normalized spacial score (nSPS) is 13.2. The minimum atomic E-state index is -0.436. The van der Waals surface area contributed by atoms with Gasteiger partial charge in [0.05, 0.1) is 5.52 Å². The van der Waals surface area contributed by atoms with Gasteiger partial charge in [-0.3, -0.25) is 15.1 Å². The molecule has 6 nitrogen and oxygen atoms in total. The van der Waals surface area contributed by atoms with Gasteiger partial charge in [-0.1, -0.05) is 12.1 Å². The number of hydrogen-bond acceptors (Lipinski definition) is 4. The van der Waals surface area contributed by atoms with E-state index >= 15 is 0 Å². The smallest absolute Gasteiger partial charge is 0.216 e. The number of nitro benzene ring substituents is 1. The summed E-state index contributed by atoms with van der Waals surface area (Å²) >= 11 is 0. The molecule has 1 aliphatic heterocycles. The summed E-state index contributed by atoms with van der Waals surface area (Å²) in [6.45, 7) is 9.51. The number of piperazine rings is 1. The van der Waals surface area contributed by atoms with Crippen LogP contribution in [0.15, 0.2) is 54.6 Å². The topological polar surface area (TPSA) is 73.4 Å². The monoisotopic (exact) mass is 451 g/mol. The fraction of sp³-hybridized carbons (Fsp3) is 0.238. The molecule has 28 heavy (non-hydrogen) atoms. The van der Waals surface area contributed by atoms with Crippen LogP contribution in [0.3, 0.4) is 0 Å². The molecule has 2 heterocycles. The average Bonchev–Trinajstić information content (AvgIpc) is 2.68. The van der Waals surface area contributed by atoms with Gasteiger partial charge in [-0.15, -0.1) is 19.2 Å². The third-order valence-electron chi connectivity index (χ3n) is 4.37. The fourth-order valence-corrected chi connectivity index (χ4v) is 3.03. The first-order valence-corrected chi connectivity index (χ1v) is 8.85. The number of hydrogen-bond donors (Lipinski definition) is 0. The Morgan fingerprint density at radius 3 is 2.46 bits per heavy atom. The second kappa shape index (κ2) is 10.5. The number of rotatable bonds is 2. The van der Waals surface area contributed by atoms with Crippen molar-refractivity contribution in [3.05, 3.63) is 88.2 Å². The van der Waals surface area contributed by atoms with Gasteiger partial charge in [-0.05, 0) is 50.3 Å². The number of benzene rings is 2. The van der Waals surface area contributed by atoms with Crippen molar-refractivity contribution < 1.29 is 37.6 Å². The molecule has 0 atom stereocenters. The second-order valence-corrected chi connectivity index (χ2v) is 6.38. The molecule has 0 N–H and O–H groups in total. The number of anilines is 1. The minimum absolute atomic E-state index is 0. The van der Waals surface area contributed by atoms with Crippen LogP contribution in [0.25, 0.3) is 16.2 Å². The number of nitrogens with zero attached hydrogens (tertiary/aromatic N) is 4. The van der Waals surface area contributed by atoms with Crippen molar-refractivity contribution in [2.45, 2.75) is 6.92 Å². The van der Waals surface area contributed by atoms with Crippen LogP contribution < -0.4 is 4.90 Å². The van der Waals surface area contributed by atoms with E-state index in [-0.39, 0.29) is 38.4 Å². The molecular formula is C21H22N4O2Y-2. The maximum absolute atomic E-state index is 10.1. The first kappa shape index (κ1) is 22.3. The summed E-state index contributed by atoms with van der Waals surface area (Å²) in [7, 11) is 0. The van der Waals surface area contributed by atoms with Crippen molar-refractivity contribution in [2.24, 2.45) is 0 Å². The van der Waals surface area contributed by atoms with E-state index in [1.807, 2.05) is 6.92 Å². The molecule has 1 aliphatic rings. The molecule has 1 aromatic heterocycles. The van der Waals surface area contributed by atoms with Gasteiger partial charge in [0.15, 0.2) is 0 Å². The molecule has 0 unspecified atom stereocenters. The standard InChI is InChI=1S/C14H16N3.C7H6NO2.Y/c1-11-5-6-12-13(16-11)3-2-4-14(12)17-9-7-15-8-10-17;1-6-3-2-4-7(5-6)8(9)10;/h2-6H,7-10H2,1H3;2-5H,1H2;/q2*-1;. The van der Waals surface area contributed by atoms with Crippen molar-refractivity contribution >= 4 is 22.3 Å². The molecule has 143 valence electrons. The summed E-state index contributed by atoms with van der Waals surface area (Å²) in [5.74, 6) is 0. The van der Waals surface area contributed by atoms with Gasteiger partial charge in [0, 0.05) is 54.4 Å². The molecule has 7 heteroatoms. The molecule has 0 saturated carbocycles. The third kappa shape index (κ3) is 5.74. The molecule has 3 aromatic rings. The van der Waals surface area contributed by atoms with Crippen LogP contribution in [0.5, 0.6) is 0 Å². The summed E-state index contributed by atoms with van der Waals surface area (Å²) in [6.07, 6.45) is 0. The minimum Gasteiger partial charge on any atom is -0.659 e. The Morgan fingerprint density at radius 1 is 1.11 bits per heavy atom. The van der Waals surface area contributed by atoms with Crippen LogP contribution >= 0.6 is 0 Å². The van der Waals surface area contributed by atoms with E-state index in [1.165, 1.54) is 23.2 Å². The maximum atomic E-state index is 10.1. The molecule has 0 aliphatic carbocycles. The van der Waals surface area contributed by atoms with Gasteiger partial charge >= 0.3 is 0 Å². The average molecular weight is 451 g/mol. The predicted octanol–water partition coefficient (Wildman–Crippen LogP) is 4.51. The SMILES string of the molecule is Cc1ccc2c(N3CC[N-]CC3)cccc2n1.[CH2-]c1cccc([N+](=O)[O-])c1.[Y]. The van der Waals surface area contributed by atoms with E-state index in [2.05, 4.69) is 52.5 Å². The number of pyridine rings is 1.